The summed E-state index contributed by atoms with van der Waals surface area (Å²) in [6.45, 7) is 8.94. The third-order valence-corrected chi connectivity index (χ3v) is 7.33. The Hall–Kier alpha value is -4.22. The fraction of sp³-hybridized carbons (Fsp3) is 0.452. The van der Waals surface area contributed by atoms with Crippen molar-refractivity contribution in [1.82, 2.24) is 15.0 Å². The number of nitrogens with zero attached hydrogens (tertiary/aromatic N) is 4. The van der Waals surface area contributed by atoms with Gasteiger partial charge in [0.1, 0.15) is 17.9 Å². The van der Waals surface area contributed by atoms with E-state index in [0.717, 1.165) is 37.8 Å². The molecule has 1 fully saturated rings. The maximum absolute atomic E-state index is 14.0. The standard InChI is InChI=1S/C31H35F3N4O5/c1-17(2)38(28(39)22-8-6-18(3)7-9-22)26-11-10-23(14-24(26)29(40)41)43-27-25(31(32,33)34)13-21(15-35-27)16-42-30-36-19(4)12-20(5)37-30/h10-15,17-18,22H,6-9,16H2,1-5H3,(H,40,41). The van der Waals surface area contributed by atoms with E-state index in [0.29, 0.717) is 17.3 Å². The summed E-state index contributed by atoms with van der Waals surface area (Å²) < 4.78 is 53.1. The summed E-state index contributed by atoms with van der Waals surface area (Å²) in [7, 11) is 0. The minimum Gasteiger partial charge on any atom is -0.478 e. The summed E-state index contributed by atoms with van der Waals surface area (Å²) in [4.78, 5) is 39.3. The number of carboxylic acids is 1. The van der Waals surface area contributed by atoms with Crippen molar-refractivity contribution >= 4 is 17.6 Å². The topological polar surface area (TPSA) is 115 Å². The Kier molecular flexibility index (Phi) is 9.56. The van der Waals surface area contributed by atoms with Gasteiger partial charge in [-0.25, -0.2) is 19.7 Å². The number of pyridine rings is 1. The molecule has 43 heavy (non-hydrogen) atoms. The molecule has 1 N–H and O–H groups in total. The van der Waals surface area contributed by atoms with E-state index in [1.165, 1.54) is 23.2 Å². The van der Waals surface area contributed by atoms with Crippen molar-refractivity contribution in [1.29, 1.82) is 0 Å². The van der Waals surface area contributed by atoms with Crippen molar-refractivity contribution in [3.63, 3.8) is 0 Å². The highest BCUT2D eigenvalue weighted by Crippen LogP contribution is 2.39. The molecule has 1 aliphatic rings. The van der Waals surface area contributed by atoms with Crippen LogP contribution in [0.2, 0.25) is 0 Å². The van der Waals surface area contributed by atoms with Gasteiger partial charge < -0.3 is 19.5 Å². The van der Waals surface area contributed by atoms with Gasteiger partial charge in [0.2, 0.25) is 11.8 Å². The third kappa shape index (κ3) is 7.79. The molecule has 3 aromatic rings. The summed E-state index contributed by atoms with van der Waals surface area (Å²) >= 11 is 0. The SMILES string of the molecule is Cc1cc(C)nc(OCc2cnc(Oc3ccc(N(C(=O)C4CCC(C)CC4)C(C)C)c(C(=O)O)c3)c(C(F)(F)F)c2)n1. The average Bonchev–Trinajstić information content (AvgIpc) is 2.92. The highest BCUT2D eigenvalue weighted by Gasteiger charge is 2.37. The quantitative estimate of drug-likeness (QED) is 0.276. The maximum atomic E-state index is 14.0. The number of benzene rings is 1. The van der Waals surface area contributed by atoms with Gasteiger partial charge >= 0.3 is 18.2 Å². The first-order chi connectivity index (χ1) is 20.2. The molecule has 0 radical (unpaired) electrons. The van der Waals surface area contributed by atoms with E-state index in [1.807, 2.05) is 0 Å². The van der Waals surface area contributed by atoms with Gasteiger partial charge in [-0.15, -0.1) is 0 Å². The molecule has 12 heteroatoms. The fourth-order valence-corrected chi connectivity index (χ4v) is 5.19. The fourth-order valence-electron chi connectivity index (χ4n) is 5.19. The highest BCUT2D eigenvalue weighted by molar-refractivity contribution is 6.03. The Bertz CT molecular complexity index is 1470. The Labute approximate surface area is 248 Å². The number of amides is 1. The van der Waals surface area contributed by atoms with Crippen molar-refractivity contribution in [3.8, 4) is 17.6 Å². The molecule has 1 aromatic carbocycles. The van der Waals surface area contributed by atoms with Gasteiger partial charge in [0.25, 0.3) is 0 Å². The van der Waals surface area contributed by atoms with Crippen molar-refractivity contribution in [2.45, 2.75) is 79.1 Å². The molecule has 1 saturated carbocycles. The summed E-state index contributed by atoms with van der Waals surface area (Å²) in [5, 5.41) is 10.0. The van der Waals surface area contributed by atoms with Crippen molar-refractivity contribution in [2.24, 2.45) is 11.8 Å². The molecular formula is C31H35F3N4O5. The minimum atomic E-state index is -4.83. The number of anilines is 1. The number of hydrogen-bond acceptors (Lipinski definition) is 7. The lowest BCUT2D eigenvalue weighted by Gasteiger charge is -2.34. The van der Waals surface area contributed by atoms with Crippen LogP contribution in [0.1, 0.15) is 79.3 Å². The molecule has 9 nitrogen and oxygen atoms in total. The molecule has 1 aliphatic carbocycles. The van der Waals surface area contributed by atoms with E-state index in [1.54, 1.807) is 33.8 Å². The molecule has 0 atom stereocenters. The molecule has 0 aliphatic heterocycles. The van der Waals surface area contributed by atoms with Crippen LogP contribution in [0.5, 0.6) is 17.6 Å². The van der Waals surface area contributed by atoms with Crippen molar-refractivity contribution in [2.75, 3.05) is 4.90 Å². The van der Waals surface area contributed by atoms with Crippen LogP contribution in [0, 0.1) is 25.7 Å². The zero-order valence-corrected chi connectivity index (χ0v) is 24.7. The number of aryl methyl sites for hydroxylation is 2. The molecule has 1 amide bonds. The second-order valence-electron chi connectivity index (χ2n) is 11.3. The molecule has 0 unspecified atom stereocenters. The monoisotopic (exact) mass is 600 g/mol. The van der Waals surface area contributed by atoms with E-state index < -0.39 is 23.6 Å². The number of aromatic nitrogens is 3. The van der Waals surface area contributed by atoms with Crippen LogP contribution in [0.4, 0.5) is 18.9 Å². The molecule has 0 spiro atoms. The average molecular weight is 601 g/mol. The lowest BCUT2D eigenvalue weighted by atomic mass is 9.82. The van der Waals surface area contributed by atoms with E-state index in [4.69, 9.17) is 9.47 Å². The van der Waals surface area contributed by atoms with Crippen LogP contribution in [-0.2, 0) is 17.6 Å². The molecule has 2 aromatic heterocycles. The Morgan fingerprint density at radius 1 is 1.05 bits per heavy atom. The zero-order valence-electron chi connectivity index (χ0n) is 24.7. The predicted octanol–water partition coefficient (Wildman–Crippen LogP) is 7.14. The summed E-state index contributed by atoms with van der Waals surface area (Å²) in [5.41, 5.74) is 0.126. The van der Waals surface area contributed by atoms with Gasteiger partial charge in [-0.1, -0.05) is 6.92 Å². The van der Waals surface area contributed by atoms with E-state index in [9.17, 15) is 27.9 Å². The number of aromatic carboxylic acids is 1. The first kappa shape index (κ1) is 31.7. The van der Waals surface area contributed by atoms with E-state index in [-0.39, 0.29) is 53.0 Å². The molecular weight excluding hydrogens is 565 g/mol. The van der Waals surface area contributed by atoms with E-state index >= 15 is 0 Å². The smallest absolute Gasteiger partial charge is 0.421 e. The summed E-state index contributed by atoms with van der Waals surface area (Å²) in [6.07, 6.45) is -0.388. The van der Waals surface area contributed by atoms with Gasteiger partial charge in [-0.05, 0) is 89.6 Å². The van der Waals surface area contributed by atoms with Crippen LogP contribution in [0.3, 0.4) is 0 Å². The summed E-state index contributed by atoms with van der Waals surface area (Å²) in [5.74, 6) is -2.13. The lowest BCUT2D eigenvalue weighted by Crippen LogP contribution is -2.42. The number of alkyl halides is 3. The summed E-state index contributed by atoms with van der Waals surface area (Å²) in [6, 6.07) is 6.10. The Morgan fingerprint density at radius 3 is 2.28 bits per heavy atom. The van der Waals surface area contributed by atoms with Gasteiger partial charge in [-0.3, -0.25) is 4.79 Å². The Morgan fingerprint density at radius 2 is 1.70 bits per heavy atom. The van der Waals surface area contributed by atoms with Gasteiger partial charge in [0.15, 0.2) is 0 Å². The highest BCUT2D eigenvalue weighted by atomic mass is 19.4. The number of rotatable bonds is 9. The minimum absolute atomic E-state index is 0.0274. The molecule has 0 bridgehead atoms. The molecule has 2 heterocycles. The van der Waals surface area contributed by atoms with Crippen LogP contribution < -0.4 is 14.4 Å². The first-order valence-electron chi connectivity index (χ1n) is 14.1. The number of halogens is 3. The number of carboxylic acid groups (broad SMARTS) is 1. The van der Waals surface area contributed by atoms with Crippen molar-refractivity contribution < 1.29 is 37.3 Å². The van der Waals surface area contributed by atoms with Crippen LogP contribution in [0.25, 0.3) is 0 Å². The van der Waals surface area contributed by atoms with E-state index in [2.05, 4.69) is 21.9 Å². The molecule has 230 valence electrons. The largest absolute Gasteiger partial charge is 0.478 e. The van der Waals surface area contributed by atoms with Gasteiger partial charge in [0.05, 0.1) is 11.3 Å². The van der Waals surface area contributed by atoms with Crippen LogP contribution in [0.15, 0.2) is 36.5 Å². The van der Waals surface area contributed by atoms with Crippen molar-refractivity contribution in [3.05, 3.63) is 64.6 Å². The van der Waals surface area contributed by atoms with Crippen LogP contribution in [-0.4, -0.2) is 38.0 Å². The maximum Gasteiger partial charge on any atom is 0.421 e. The number of carbonyl (C=O) groups is 2. The number of ether oxygens (including phenoxy) is 2. The number of hydrogen-bond donors (Lipinski definition) is 1. The molecule has 4 rings (SSSR count). The predicted molar refractivity (Wildman–Crippen MR) is 152 cm³/mol. The normalized spacial score (nSPS) is 17.0. The zero-order chi connectivity index (χ0) is 31.5. The first-order valence-corrected chi connectivity index (χ1v) is 14.1. The third-order valence-electron chi connectivity index (χ3n) is 7.33. The second kappa shape index (κ2) is 13.0. The number of carbonyl (C=O) groups excluding carboxylic acids is 1. The second-order valence-corrected chi connectivity index (χ2v) is 11.3. The molecule has 0 saturated heterocycles. The van der Waals surface area contributed by atoms with Crippen LogP contribution >= 0.6 is 0 Å². The van der Waals surface area contributed by atoms with Gasteiger partial charge in [-0.2, -0.15) is 13.2 Å². The lowest BCUT2D eigenvalue weighted by molar-refractivity contribution is -0.139. The van der Waals surface area contributed by atoms with Gasteiger partial charge in [0, 0.05) is 35.1 Å². The Balaban J connectivity index is 1.60.